The maximum atomic E-state index is 12.4. The van der Waals surface area contributed by atoms with Crippen LogP contribution in [0.1, 0.15) is 19.3 Å². The highest BCUT2D eigenvalue weighted by Crippen LogP contribution is 2.20. The van der Waals surface area contributed by atoms with Gasteiger partial charge in [-0.05, 0) is 32.4 Å². The van der Waals surface area contributed by atoms with Crippen LogP contribution in [0.5, 0.6) is 0 Å². The second-order valence-corrected chi connectivity index (χ2v) is 5.14. The predicted octanol–water partition coefficient (Wildman–Crippen LogP) is 2.20. The fraction of sp³-hybridized carbons (Fsp3) is 0.500. The minimum absolute atomic E-state index is 0.0294. The molecule has 7 nitrogen and oxygen atoms in total. The zero-order chi connectivity index (χ0) is 15.2. The van der Waals surface area contributed by atoms with Crippen LogP contribution >= 0.6 is 0 Å². The van der Waals surface area contributed by atoms with Gasteiger partial charge in [0.05, 0.1) is 4.92 Å². The Labute approximate surface area is 123 Å². The van der Waals surface area contributed by atoms with Crippen LogP contribution in [0.4, 0.5) is 16.2 Å². The standard InChI is InChI=1S/C14H20N4O3/c1-15-10-13-6-2-3-8-17(13)14(19)16-11-5-4-7-12(9-11)18(20)21/h4-5,7,9,13,15H,2-3,6,8,10H2,1H3,(H,16,19). The van der Waals surface area contributed by atoms with Crippen LogP contribution in [0.15, 0.2) is 24.3 Å². The number of hydrogen-bond donors (Lipinski definition) is 2. The Bertz CT molecular complexity index is 519. The average Bonchev–Trinajstić information content (AvgIpc) is 2.48. The molecular formula is C14H20N4O3. The van der Waals surface area contributed by atoms with Crippen LogP contribution in [-0.4, -0.2) is 42.0 Å². The van der Waals surface area contributed by atoms with Gasteiger partial charge in [0.1, 0.15) is 0 Å². The topological polar surface area (TPSA) is 87.5 Å². The molecule has 1 aromatic carbocycles. The molecule has 7 heteroatoms. The van der Waals surface area contributed by atoms with Gasteiger partial charge in [-0.15, -0.1) is 0 Å². The van der Waals surface area contributed by atoms with Crippen molar-refractivity contribution in [3.05, 3.63) is 34.4 Å². The van der Waals surface area contributed by atoms with Crippen molar-refractivity contribution in [3.8, 4) is 0 Å². The van der Waals surface area contributed by atoms with Crippen LogP contribution in [0.3, 0.4) is 0 Å². The molecule has 1 saturated heterocycles. The van der Waals surface area contributed by atoms with Crippen molar-refractivity contribution in [1.29, 1.82) is 0 Å². The lowest BCUT2D eigenvalue weighted by atomic mass is 10.0. The molecule has 0 spiro atoms. The number of anilines is 1. The fourth-order valence-electron chi connectivity index (χ4n) is 2.61. The second-order valence-electron chi connectivity index (χ2n) is 5.14. The Morgan fingerprint density at radius 1 is 1.48 bits per heavy atom. The first-order valence-electron chi connectivity index (χ1n) is 7.08. The van der Waals surface area contributed by atoms with E-state index in [1.54, 1.807) is 17.0 Å². The Morgan fingerprint density at radius 2 is 2.29 bits per heavy atom. The van der Waals surface area contributed by atoms with Crippen LogP contribution in [0.25, 0.3) is 0 Å². The molecular weight excluding hydrogens is 272 g/mol. The van der Waals surface area contributed by atoms with Gasteiger partial charge in [0.2, 0.25) is 0 Å². The summed E-state index contributed by atoms with van der Waals surface area (Å²) in [7, 11) is 1.87. The zero-order valence-corrected chi connectivity index (χ0v) is 12.0. The molecule has 0 bridgehead atoms. The minimum Gasteiger partial charge on any atom is -0.320 e. The molecule has 0 aromatic heterocycles. The molecule has 0 radical (unpaired) electrons. The Balaban J connectivity index is 2.05. The van der Waals surface area contributed by atoms with E-state index in [9.17, 15) is 14.9 Å². The van der Waals surface area contributed by atoms with Gasteiger partial charge in [0.25, 0.3) is 5.69 Å². The molecule has 2 amide bonds. The molecule has 2 N–H and O–H groups in total. The van der Waals surface area contributed by atoms with Crippen molar-refractivity contribution in [2.45, 2.75) is 25.3 Å². The summed E-state index contributed by atoms with van der Waals surface area (Å²) >= 11 is 0. The number of carbonyl (C=O) groups is 1. The van der Waals surface area contributed by atoms with Gasteiger partial charge in [-0.25, -0.2) is 4.79 Å². The maximum absolute atomic E-state index is 12.4. The van der Waals surface area contributed by atoms with Crippen molar-refractivity contribution in [2.75, 3.05) is 25.5 Å². The van der Waals surface area contributed by atoms with E-state index in [0.717, 1.165) is 25.8 Å². The highest BCUT2D eigenvalue weighted by molar-refractivity contribution is 5.90. The number of nitro benzene ring substituents is 1. The lowest BCUT2D eigenvalue weighted by Gasteiger charge is -2.35. The van der Waals surface area contributed by atoms with E-state index in [-0.39, 0.29) is 17.8 Å². The van der Waals surface area contributed by atoms with Crippen molar-refractivity contribution in [3.63, 3.8) is 0 Å². The summed E-state index contributed by atoms with van der Waals surface area (Å²) in [5.74, 6) is 0. The fourth-order valence-corrected chi connectivity index (χ4v) is 2.61. The molecule has 0 saturated carbocycles. The molecule has 1 fully saturated rings. The van der Waals surface area contributed by atoms with Crippen LogP contribution in [0.2, 0.25) is 0 Å². The Morgan fingerprint density at radius 3 is 3.00 bits per heavy atom. The molecule has 1 aromatic rings. The first kappa shape index (κ1) is 15.2. The molecule has 0 aliphatic carbocycles. The van der Waals surface area contributed by atoms with Gasteiger partial charge in [-0.2, -0.15) is 0 Å². The molecule has 1 unspecified atom stereocenters. The zero-order valence-electron chi connectivity index (χ0n) is 12.0. The van der Waals surface area contributed by atoms with E-state index < -0.39 is 4.92 Å². The number of nitrogens with one attached hydrogen (secondary N) is 2. The van der Waals surface area contributed by atoms with E-state index in [2.05, 4.69) is 10.6 Å². The van der Waals surface area contributed by atoms with Gasteiger partial charge in [-0.3, -0.25) is 10.1 Å². The third kappa shape index (κ3) is 3.91. The summed E-state index contributed by atoms with van der Waals surface area (Å²) in [6, 6.07) is 5.96. The summed E-state index contributed by atoms with van der Waals surface area (Å²) in [5.41, 5.74) is 0.418. The van der Waals surface area contributed by atoms with Crippen molar-refractivity contribution in [1.82, 2.24) is 10.2 Å². The third-order valence-electron chi connectivity index (χ3n) is 3.64. The van der Waals surface area contributed by atoms with Gasteiger partial charge in [0.15, 0.2) is 0 Å². The van der Waals surface area contributed by atoms with Gasteiger partial charge >= 0.3 is 6.03 Å². The number of nitrogens with zero attached hydrogens (tertiary/aromatic N) is 2. The maximum Gasteiger partial charge on any atom is 0.322 e. The molecule has 1 aliphatic heterocycles. The van der Waals surface area contributed by atoms with Crippen molar-refractivity contribution < 1.29 is 9.72 Å². The largest absolute Gasteiger partial charge is 0.322 e. The number of carbonyl (C=O) groups excluding carboxylic acids is 1. The summed E-state index contributed by atoms with van der Waals surface area (Å²) in [6.07, 6.45) is 3.08. The van der Waals surface area contributed by atoms with Gasteiger partial charge in [-0.1, -0.05) is 6.07 Å². The number of non-ortho nitro benzene ring substituents is 1. The highest BCUT2D eigenvalue weighted by Gasteiger charge is 2.26. The first-order valence-corrected chi connectivity index (χ1v) is 7.08. The van der Waals surface area contributed by atoms with E-state index >= 15 is 0 Å². The lowest BCUT2D eigenvalue weighted by Crippen LogP contribution is -2.49. The number of piperidine rings is 1. The molecule has 21 heavy (non-hydrogen) atoms. The number of likely N-dealkylation sites (tertiary alicyclic amines) is 1. The smallest absolute Gasteiger partial charge is 0.320 e. The SMILES string of the molecule is CNCC1CCCCN1C(=O)Nc1cccc([N+](=O)[O-])c1. The third-order valence-corrected chi connectivity index (χ3v) is 3.64. The Kier molecular flexibility index (Phi) is 5.10. The summed E-state index contributed by atoms with van der Waals surface area (Å²) < 4.78 is 0. The van der Waals surface area contributed by atoms with Crippen molar-refractivity contribution in [2.24, 2.45) is 0 Å². The molecule has 114 valence electrons. The normalized spacial score (nSPS) is 18.3. The number of nitro groups is 1. The quantitative estimate of drug-likeness (QED) is 0.658. The number of benzene rings is 1. The number of urea groups is 1. The van der Waals surface area contributed by atoms with E-state index in [0.29, 0.717) is 12.2 Å². The minimum atomic E-state index is -0.472. The number of rotatable bonds is 4. The van der Waals surface area contributed by atoms with E-state index in [1.807, 2.05) is 7.05 Å². The summed E-state index contributed by atoms with van der Waals surface area (Å²) in [5, 5.41) is 16.6. The first-order chi connectivity index (χ1) is 10.1. The number of likely N-dealkylation sites (N-methyl/N-ethyl adjacent to an activating group) is 1. The van der Waals surface area contributed by atoms with Crippen LogP contribution in [0, 0.1) is 10.1 Å². The number of hydrogen-bond acceptors (Lipinski definition) is 4. The van der Waals surface area contributed by atoms with Gasteiger partial charge in [0, 0.05) is 37.0 Å². The van der Waals surface area contributed by atoms with Crippen LogP contribution in [-0.2, 0) is 0 Å². The molecule has 2 rings (SSSR count). The van der Waals surface area contributed by atoms with E-state index in [1.165, 1.54) is 12.1 Å². The molecule has 1 aliphatic rings. The summed E-state index contributed by atoms with van der Waals surface area (Å²) in [6.45, 7) is 1.47. The summed E-state index contributed by atoms with van der Waals surface area (Å²) in [4.78, 5) is 24.4. The Hall–Kier alpha value is -2.15. The van der Waals surface area contributed by atoms with E-state index in [4.69, 9.17) is 0 Å². The monoisotopic (exact) mass is 292 g/mol. The lowest BCUT2D eigenvalue weighted by molar-refractivity contribution is -0.384. The number of amides is 2. The molecule has 1 atom stereocenters. The average molecular weight is 292 g/mol. The highest BCUT2D eigenvalue weighted by atomic mass is 16.6. The predicted molar refractivity (Wildman–Crippen MR) is 80.4 cm³/mol. The van der Waals surface area contributed by atoms with Gasteiger partial charge < -0.3 is 15.5 Å². The second kappa shape index (κ2) is 7.03. The van der Waals surface area contributed by atoms with Crippen molar-refractivity contribution >= 4 is 17.4 Å². The molecule has 1 heterocycles. The van der Waals surface area contributed by atoms with Crippen LogP contribution < -0.4 is 10.6 Å².